The van der Waals surface area contributed by atoms with Gasteiger partial charge in [-0.3, -0.25) is 4.79 Å². The molecule has 0 radical (unpaired) electrons. The molecule has 4 N–H and O–H groups in total. The molecule has 25 heavy (non-hydrogen) atoms. The van der Waals surface area contributed by atoms with Crippen molar-refractivity contribution in [2.45, 2.75) is 44.7 Å². The Morgan fingerprint density at radius 2 is 2.04 bits per heavy atom. The van der Waals surface area contributed by atoms with Gasteiger partial charge in [0.05, 0.1) is 17.9 Å². The van der Waals surface area contributed by atoms with Crippen molar-refractivity contribution in [3.8, 4) is 0 Å². The average Bonchev–Trinajstić information content (AvgIpc) is 2.56. The molecule has 10 heteroatoms. The number of hydrogen-bond donors (Lipinski definition) is 4. The molecule has 1 aliphatic rings. The van der Waals surface area contributed by atoms with Crippen LogP contribution in [0.2, 0.25) is 0 Å². The maximum Gasteiger partial charge on any atom is 0.478 e. The van der Waals surface area contributed by atoms with Gasteiger partial charge in [-0.15, -0.1) is 0 Å². The topological polar surface area (TPSA) is 146 Å². The maximum absolute atomic E-state index is 12.2. The molecule has 1 aromatic heterocycles. The van der Waals surface area contributed by atoms with E-state index < -0.39 is 42.2 Å². The first-order chi connectivity index (χ1) is 11.8. The summed E-state index contributed by atoms with van der Waals surface area (Å²) in [6, 6.07) is 1.29. The number of nitrogens with zero attached hydrogens (tertiary/aromatic N) is 1. The first kappa shape index (κ1) is 18.9. The minimum atomic E-state index is -1.48. The maximum atomic E-state index is 12.2. The van der Waals surface area contributed by atoms with Crippen molar-refractivity contribution in [3.63, 3.8) is 0 Å². The van der Waals surface area contributed by atoms with Crippen LogP contribution in [0.3, 0.4) is 0 Å². The Morgan fingerprint density at radius 1 is 1.32 bits per heavy atom. The molecule has 1 saturated heterocycles. The van der Waals surface area contributed by atoms with Crippen LogP contribution in [0.1, 0.15) is 52.6 Å². The number of carbonyl (C=O) groups is 3. The zero-order valence-electron chi connectivity index (χ0n) is 13.6. The third-order valence-electron chi connectivity index (χ3n) is 4.08. The number of aromatic carboxylic acids is 2. The predicted molar refractivity (Wildman–Crippen MR) is 86.2 cm³/mol. The van der Waals surface area contributed by atoms with E-state index in [1.54, 1.807) is 0 Å². The quantitative estimate of drug-likeness (QED) is 0.529. The summed E-state index contributed by atoms with van der Waals surface area (Å²) >= 11 is 0. The molecular formula is C15H19BN2O7. The highest BCUT2D eigenvalue weighted by molar-refractivity contribution is 6.45. The van der Waals surface area contributed by atoms with E-state index in [0.29, 0.717) is 12.8 Å². The number of aromatic nitrogens is 1. The third kappa shape index (κ3) is 4.55. The first-order valence-electron chi connectivity index (χ1n) is 7.90. The van der Waals surface area contributed by atoms with Gasteiger partial charge in [-0.1, -0.05) is 6.92 Å². The number of rotatable bonds is 6. The van der Waals surface area contributed by atoms with Crippen molar-refractivity contribution >= 4 is 25.0 Å². The largest absolute Gasteiger partial charge is 0.478 e. The average molecular weight is 350 g/mol. The minimum Gasteiger partial charge on any atom is -0.478 e. The fourth-order valence-corrected chi connectivity index (χ4v) is 2.79. The fourth-order valence-electron chi connectivity index (χ4n) is 2.79. The summed E-state index contributed by atoms with van der Waals surface area (Å²) in [6.07, 6.45) is 2.73. The highest BCUT2D eigenvalue weighted by atomic mass is 16.5. The van der Waals surface area contributed by atoms with Crippen LogP contribution >= 0.6 is 0 Å². The van der Waals surface area contributed by atoms with Gasteiger partial charge in [0.25, 0.3) is 0 Å². The molecule has 2 heterocycles. The molecular weight excluding hydrogens is 331 g/mol. The van der Waals surface area contributed by atoms with E-state index in [-0.39, 0.29) is 18.1 Å². The van der Waals surface area contributed by atoms with E-state index >= 15 is 0 Å². The van der Waals surface area contributed by atoms with Gasteiger partial charge < -0.3 is 25.2 Å². The summed E-state index contributed by atoms with van der Waals surface area (Å²) in [7, 11) is -1.13. The molecule has 2 atom stereocenters. The van der Waals surface area contributed by atoms with Gasteiger partial charge in [-0.05, 0) is 30.9 Å². The van der Waals surface area contributed by atoms with Gasteiger partial charge in [-0.25, -0.2) is 14.6 Å². The van der Waals surface area contributed by atoms with Crippen LogP contribution in [0.4, 0.5) is 0 Å². The lowest BCUT2D eigenvalue weighted by Gasteiger charge is -2.31. The lowest BCUT2D eigenvalue weighted by molar-refractivity contribution is -0.121. The number of nitrogens with one attached hydrogen (secondary N) is 1. The third-order valence-corrected chi connectivity index (χ3v) is 4.08. The molecule has 2 unspecified atom stereocenters. The summed E-state index contributed by atoms with van der Waals surface area (Å²) in [5.41, 5.74) is -1.10. The second kappa shape index (κ2) is 8.08. The Kier molecular flexibility index (Phi) is 6.10. The normalized spacial score (nSPS) is 20.2. The van der Waals surface area contributed by atoms with Gasteiger partial charge in [0.1, 0.15) is 0 Å². The lowest BCUT2D eigenvalue weighted by Crippen LogP contribution is -2.52. The monoisotopic (exact) mass is 350 g/mol. The van der Waals surface area contributed by atoms with Crippen molar-refractivity contribution in [2.75, 3.05) is 0 Å². The minimum absolute atomic E-state index is 0.0371. The smallest absolute Gasteiger partial charge is 0.478 e. The van der Waals surface area contributed by atoms with Crippen molar-refractivity contribution in [1.82, 2.24) is 10.3 Å². The molecule has 0 aliphatic carbocycles. The molecule has 134 valence electrons. The van der Waals surface area contributed by atoms with Crippen LogP contribution in [0.25, 0.3) is 0 Å². The van der Waals surface area contributed by atoms with Crippen LogP contribution in [-0.2, 0) is 15.9 Å². The number of hydrogen-bond acceptors (Lipinski definition) is 6. The number of carbonyl (C=O) groups excluding carboxylic acids is 1. The number of carboxylic acid groups (broad SMARTS) is 2. The number of carboxylic acids is 2. The summed E-state index contributed by atoms with van der Waals surface area (Å²) in [5, 5.41) is 30.8. The Morgan fingerprint density at radius 3 is 2.60 bits per heavy atom. The van der Waals surface area contributed by atoms with E-state index in [1.165, 1.54) is 6.07 Å². The van der Waals surface area contributed by atoms with Gasteiger partial charge >= 0.3 is 19.1 Å². The summed E-state index contributed by atoms with van der Waals surface area (Å²) in [5.74, 6) is -4.08. The fraction of sp³-hybridized carbons (Fsp3) is 0.467. The molecule has 0 bridgehead atoms. The molecule has 0 aromatic carbocycles. The summed E-state index contributed by atoms with van der Waals surface area (Å²) < 4.78 is 5.37. The zero-order chi connectivity index (χ0) is 18.6. The van der Waals surface area contributed by atoms with Gasteiger partial charge in [-0.2, -0.15) is 0 Å². The molecule has 1 aromatic rings. The van der Waals surface area contributed by atoms with E-state index in [1.807, 2.05) is 6.92 Å². The molecule has 1 aliphatic heterocycles. The highest BCUT2D eigenvalue weighted by Gasteiger charge is 2.35. The highest BCUT2D eigenvalue weighted by Crippen LogP contribution is 2.19. The van der Waals surface area contributed by atoms with Gasteiger partial charge in [0, 0.05) is 12.3 Å². The van der Waals surface area contributed by atoms with E-state index in [0.717, 1.165) is 12.6 Å². The number of pyridine rings is 1. The summed E-state index contributed by atoms with van der Waals surface area (Å²) in [4.78, 5) is 38.2. The van der Waals surface area contributed by atoms with Crippen molar-refractivity contribution in [1.29, 1.82) is 0 Å². The SMILES string of the molecule is CCC1CCC(NC(=O)Cc2ccnc(C(=O)O)c2C(=O)O)B(O)O1. The molecule has 0 saturated carbocycles. The van der Waals surface area contributed by atoms with Crippen molar-refractivity contribution < 1.29 is 34.3 Å². The van der Waals surface area contributed by atoms with Crippen LogP contribution < -0.4 is 5.32 Å². The molecule has 9 nitrogen and oxygen atoms in total. The molecule has 2 rings (SSSR count). The zero-order valence-corrected chi connectivity index (χ0v) is 13.6. The Hall–Kier alpha value is -2.46. The van der Waals surface area contributed by atoms with Crippen molar-refractivity contribution in [2.24, 2.45) is 0 Å². The molecule has 1 fully saturated rings. The Labute approximate surface area is 144 Å². The van der Waals surface area contributed by atoms with Crippen LogP contribution in [0.5, 0.6) is 0 Å². The molecule has 0 spiro atoms. The van der Waals surface area contributed by atoms with Gasteiger partial charge in [0.2, 0.25) is 5.91 Å². The lowest BCUT2D eigenvalue weighted by atomic mass is 9.72. The Bertz CT molecular complexity index is 682. The van der Waals surface area contributed by atoms with Crippen LogP contribution in [0.15, 0.2) is 12.3 Å². The Balaban J connectivity index is 2.10. The first-order valence-corrected chi connectivity index (χ1v) is 7.90. The summed E-state index contributed by atoms with van der Waals surface area (Å²) in [6.45, 7) is 1.94. The van der Waals surface area contributed by atoms with Crippen LogP contribution in [0, 0.1) is 0 Å². The van der Waals surface area contributed by atoms with Crippen LogP contribution in [-0.4, -0.2) is 57.2 Å². The number of amides is 1. The standard InChI is InChI=1S/C15H19BN2O7/c1-2-9-3-4-10(16(24)25-9)18-11(19)7-8-5-6-17-13(15(22)23)12(8)14(20)21/h5-6,9-10,24H,2-4,7H2,1H3,(H,18,19)(H,20,21)(H,22,23). The predicted octanol–water partition coefficient (Wildman–Crippen LogP) is 0.114. The van der Waals surface area contributed by atoms with Gasteiger partial charge in [0.15, 0.2) is 5.69 Å². The van der Waals surface area contributed by atoms with E-state index in [9.17, 15) is 24.5 Å². The second-order valence-electron chi connectivity index (χ2n) is 5.79. The van der Waals surface area contributed by atoms with E-state index in [4.69, 9.17) is 9.76 Å². The molecule has 1 amide bonds. The van der Waals surface area contributed by atoms with Crippen molar-refractivity contribution in [3.05, 3.63) is 29.1 Å². The second-order valence-corrected chi connectivity index (χ2v) is 5.79. The van der Waals surface area contributed by atoms with E-state index in [2.05, 4.69) is 10.3 Å².